The van der Waals surface area contributed by atoms with Gasteiger partial charge in [-0.05, 0) is 44.9 Å². The molecule has 0 aliphatic rings. The number of nitrogens with zero attached hydrogens (tertiary/aromatic N) is 1. The first-order chi connectivity index (χ1) is 9.69. The van der Waals surface area contributed by atoms with Crippen LogP contribution in [-0.2, 0) is 0 Å². The molecule has 0 amide bonds. The number of rotatable bonds is 10. The summed E-state index contributed by atoms with van der Waals surface area (Å²) in [6.45, 7) is 9.79. The molecule has 114 valence electrons. The van der Waals surface area contributed by atoms with Gasteiger partial charge < -0.3 is 5.32 Å². The molecule has 0 spiro atoms. The fraction of sp³-hybridized carbons (Fsp3) is 0.722. The highest BCUT2D eigenvalue weighted by Gasteiger charge is 2.13. The van der Waals surface area contributed by atoms with Crippen molar-refractivity contribution in [2.75, 3.05) is 6.54 Å². The zero-order chi connectivity index (χ0) is 14.8. The van der Waals surface area contributed by atoms with Crippen molar-refractivity contribution in [3.63, 3.8) is 0 Å². The van der Waals surface area contributed by atoms with Gasteiger partial charge in [-0.2, -0.15) is 0 Å². The summed E-state index contributed by atoms with van der Waals surface area (Å²) in [4.78, 5) is 4.62. The fourth-order valence-corrected chi connectivity index (χ4v) is 2.70. The molecule has 0 radical (unpaired) electrons. The maximum Gasteiger partial charge on any atom is 0.0423 e. The van der Waals surface area contributed by atoms with E-state index < -0.39 is 0 Å². The molecule has 0 saturated heterocycles. The summed E-state index contributed by atoms with van der Waals surface area (Å²) in [5.74, 6) is 0. The molecule has 0 aliphatic carbocycles. The van der Waals surface area contributed by atoms with Gasteiger partial charge in [0.25, 0.3) is 0 Å². The average Bonchev–Trinajstić information content (AvgIpc) is 2.43. The number of unbranched alkanes of at least 4 members (excludes halogenated alkanes) is 4. The third kappa shape index (κ3) is 6.04. The van der Waals surface area contributed by atoms with Crippen molar-refractivity contribution in [1.82, 2.24) is 10.3 Å². The molecule has 0 aromatic carbocycles. The third-order valence-electron chi connectivity index (χ3n) is 3.88. The number of aryl methyl sites for hydroxylation is 2. The minimum absolute atomic E-state index is 0.477. The van der Waals surface area contributed by atoms with Crippen LogP contribution in [0.2, 0.25) is 0 Å². The highest BCUT2D eigenvalue weighted by molar-refractivity contribution is 5.25. The number of hydrogen-bond donors (Lipinski definition) is 1. The predicted molar refractivity (Wildman–Crippen MR) is 88.1 cm³/mol. The second kappa shape index (κ2) is 9.93. The first-order valence-electron chi connectivity index (χ1n) is 8.36. The lowest BCUT2D eigenvalue weighted by Crippen LogP contribution is -2.23. The Balaban J connectivity index is 2.58. The molecule has 1 aromatic rings. The van der Waals surface area contributed by atoms with E-state index in [1.807, 2.05) is 0 Å². The monoisotopic (exact) mass is 276 g/mol. The average molecular weight is 276 g/mol. The quantitative estimate of drug-likeness (QED) is 0.601. The maximum absolute atomic E-state index is 4.62. The van der Waals surface area contributed by atoms with Crippen LogP contribution in [0.25, 0.3) is 0 Å². The first-order valence-corrected chi connectivity index (χ1v) is 8.36. The van der Waals surface area contributed by atoms with Crippen molar-refractivity contribution >= 4 is 0 Å². The van der Waals surface area contributed by atoms with Gasteiger partial charge in [0.1, 0.15) is 0 Å². The topological polar surface area (TPSA) is 24.9 Å². The van der Waals surface area contributed by atoms with Crippen LogP contribution in [0.5, 0.6) is 0 Å². The molecule has 0 saturated carbocycles. The number of hydrogen-bond acceptors (Lipinski definition) is 2. The zero-order valence-electron chi connectivity index (χ0n) is 13.8. The van der Waals surface area contributed by atoms with Crippen molar-refractivity contribution in [1.29, 1.82) is 0 Å². The molecule has 1 rings (SSSR count). The molecule has 0 bridgehead atoms. The van der Waals surface area contributed by atoms with Crippen LogP contribution in [0.4, 0.5) is 0 Å². The number of aromatic nitrogens is 1. The van der Waals surface area contributed by atoms with Crippen molar-refractivity contribution in [2.24, 2.45) is 0 Å². The molecule has 20 heavy (non-hydrogen) atoms. The third-order valence-corrected chi connectivity index (χ3v) is 3.88. The SMILES string of the molecule is CCCCCCCC(NCCC)c1ccc(C)nc1C. The van der Waals surface area contributed by atoms with E-state index in [9.17, 15) is 0 Å². The summed E-state index contributed by atoms with van der Waals surface area (Å²) < 4.78 is 0. The van der Waals surface area contributed by atoms with E-state index in [0.717, 1.165) is 12.2 Å². The Morgan fingerprint density at radius 2 is 1.75 bits per heavy atom. The van der Waals surface area contributed by atoms with Crippen molar-refractivity contribution in [3.05, 3.63) is 29.1 Å². The Bertz CT molecular complexity index is 374. The van der Waals surface area contributed by atoms with Crippen molar-refractivity contribution in [3.8, 4) is 0 Å². The van der Waals surface area contributed by atoms with E-state index in [1.165, 1.54) is 56.2 Å². The minimum Gasteiger partial charge on any atom is -0.310 e. The van der Waals surface area contributed by atoms with Gasteiger partial charge in [-0.15, -0.1) is 0 Å². The van der Waals surface area contributed by atoms with Gasteiger partial charge in [-0.3, -0.25) is 4.98 Å². The van der Waals surface area contributed by atoms with Crippen LogP contribution in [0.3, 0.4) is 0 Å². The number of pyridine rings is 1. The molecule has 1 aromatic heterocycles. The second-order valence-corrected chi connectivity index (χ2v) is 5.84. The largest absolute Gasteiger partial charge is 0.310 e. The van der Waals surface area contributed by atoms with E-state index in [4.69, 9.17) is 0 Å². The zero-order valence-corrected chi connectivity index (χ0v) is 13.8. The molecule has 1 N–H and O–H groups in total. The fourth-order valence-electron chi connectivity index (χ4n) is 2.70. The Morgan fingerprint density at radius 3 is 2.40 bits per heavy atom. The summed E-state index contributed by atoms with van der Waals surface area (Å²) >= 11 is 0. The van der Waals surface area contributed by atoms with Crippen LogP contribution < -0.4 is 5.32 Å². The summed E-state index contributed by atoms with van der Waals surface area (Å²) in [7, 11) is 0. The molecular weight excluding hydrogens is 244 g/mol. The Morgan fingerprint density at radius 1 is 1.00 bits per heavy atom. The van der Waals surface area contributed by atoms with E-state index in [1.54, 1.807) is 0 Å². The Kier molecular flexibility index (Phi) is 8.52. The molecule has 1 unspecified atom stereocenters. The van der Waals surface area contributed by atoms with Crippen LogP contribution in [0.1, 0.15) is 81.8 Å². The maximum atomic E-state index is 4.62. The van der Waals surface area contributed by atoms with Gasteiger partial charge in [-0.25, -0.2) is 0 Å². The van der Waals surface area contributed by atoms with Gasteiger partial charge in [0, 0.05) is 17.4 Å². The Hall–Kier alpha value is -0.890. The molecule has 2 heteroatoms. The van der Waals surface area contributed by atoms with Gasteiger partial charge in [0.2, 0.25) is 0 Å². The first kappa shape index (κ1) is 17.2. The minimum atomic E-state index is 0.477. The summed E-state index contributed by atoms with van der Waals surface area (Å²) in [5, 5.41) is 3.70. The molecule has 1 heterocycles. The highest BCUT2D eigenvalue weighted by atomic mass is 14.9. The van der Waals surface area contributed by atoms with Crippen LogP contribution >= 0.6 is 0 Å². The van der Waals surface area contributed by atoms with Crippen LogP contribution in [0.15, 0.2) is 12.1 Å². The summed E-state index contributed by atoms with van der Waals surface area (Å²) in [6.07, 6.45) is 9.16. The number of nitrogens with one attached hydrogen (secondary N) is 1. The standard InChI is InChI=1S/C18H32N2/c1-5-7-8-9-10-11-18(19-14-6-2)17-13-12-15(3)20-16(17)4/h12-13,18-19H,5-11,14H2,1-4H3. The van der Waals surface area contributed by atoms with Crippen LogP contribution in [-0.4, -0.2) is 11.5 Å². The van der Waals surface area contributed by atoms with Gasteiger partial charge in [0.15, 0.2) is 0 Å². The summed E-state index contributed by atoms with van der Waals surface area (Å²) in [6, 6.07) is 4.88. The normalized spacial score (nSPS) is 12.6. The highest BCUT2D eigenvalue weighted by Crippen LogP contribution is 2.23. The van der Waals surface area contributed by atoms with Gasteiger partial charge in [-0.1, -0.05) is 52.0 Å². The van der Waals surface area contributed by atoms with Gasteiger partial charge >= 0.3 is 0 Å². The lowest BCUT2D eigenvalue weighted by molar-refractivity contribution is 0.465. The van der Waals surface area contributed by atoms with Crippen LogP contribution in [0, 0.1) is 13.8 Å². The molecule has 1 atom stereocenters. The van der Waals surface area contributed by atoms with E-state index in [2.05, 4.69) is 50.1 Å². The van der Waals surface area contributed by atoms with E-state index >= 15 is 0 Å². The molecule has 0 aliphatic heterocycles. The predicted octanol–water partition coefficient (Wildman–Crippen LogP) is 5.10. The molecule has 2 nitrogen and oxygen atoms in total. The van der Waals surface area contributed by atoms with Crippen molar-refractivity contribution in [2.45, 2.75) is 78.7 Å². The van der Waals surface area contributed by atoms with E-state index in [-0.39, 0.29) is 0 Å². The summed E-state index contributed by atoms with van der Waals surface area (Å²) in [5.41, 5.74) is 3.69. The second-order valence-electron chi connectivity index (χ2n) is 5.84. The Labute approximate surface area is 125 Å². The molecular formula is C18H32N2. The lowest BCUT2D eigenvalue weighted by atomic mass is 9.98. The molecule has 0 fully saturated rings. The van der Waals surface area contributed by atoms with E-state index in [0.29, 0.717) is 6.04 Å². The van der Waals surface area contributed by atoms with Gasteiger partial charge in [0.05, 0.1) is 0 Å². The lowest BCUT2D eigenvalue weighted by Gasteiger charge is -2.20. The van der Waals surface area contributed by atoms with Crippen molar-refractivity contribution < 1.29 is 0 Å². The smallest absolute Gasteiger partial charge is 0.0423 e.